The van der Waals surface area contributed by atoms with Gasteiger partial charge in [-0.05, 0) is 36.4 Å². The van der Waals surface area contributed by atoms with E-state index in [1.165, 1.54) is 40.7 Å². The van der Waals surface area contributed by atoms with Gasteiger partial charge in [-0.15, -0.1) is 13.2 Å². The lowest BCUT2D eigenvalue weighted by molar-refractivity contribution is 0.102. The second-order valence-electron chi connectivity index (χ2n) is 6.13. The summed E-state index contributed by atoms with van der Waals surface area (Å²) in [6, 6.07) is 9.18. The summed E-state index contributed by atoms with van der Waals surface area (Å²) in [5, 5.41) is 3.65. The number of benzene rings is 2. The summed E-state index contributed by atoms with van der Waals surface area (Å²) < 4.78 is 27.7. The van der Waals surface area contributed by atoms with Crippen LogP contribution < -0.4 is 5.32 Å². The highest BCUT2D eigenvalue weighted by Crippen LogP contribution is 2.30. The molecule has 1 aromatic heterocycles. The first-order valence-electron chi connectivity index (χ1n) is 8.65. The number of sulfonamides is 1. The molecule has 30 heavy (non-hydrogen) atoms. The number of anilines is 1. The van der Waals surface area contributed by atoms with Crippen LogP contribution in [0.2, 0.25) is 10.0 Å². The third-order valence-electron chi connectivity index (χ3n) is 4.06. The van der Waals surface area contributed by atoms with Crippen LogP contribution in [-0.4, -0.2) is 36.7 Å². The SMILES string of the molecule is C=CCN(CC=C)S(=O)(=O)c1ccc2nc(NC(=O)c3ccc(Cl)cc3Cl)sc2c1. The second-order valence-corrected chi connectivity index (χ2v) is 9.94. The number of aromatic nitrogens is 1. The maximum absolute atomic E-state index is 12.9. The van der Waals surface area contributed by atoms with Crippen LogP contribution in [0.25, 0.3) is 10.2 Å². The van der Waals surface area contributed by atoms with Gasteiger partial charge in [-0.3, -0.25) is 10.1 Å². The van der Waals surface area contributed by atoms with Crippen molar-refractivity contribution in [2.75, 3.05) is 18.4 Å². The van der Waals surface area contributed by atoms with Gasteiger partial charge < -0.3 is 0 Å². The number of hydrogen-bond acceptors (Lipinski definition) is 5. The normalized spacial score (nSPS) is 11.6. The van der Waals surface area contributed by atoms with Crippen LogP contribution in [0, 0.1) is 0 Å². The lowest BCUT2D eigenvalue weighted by atomic mass is 10.2. The van der Waals surface area contributed by atoms with Crippen LogP contribution in [-0.2, 0) is 10.0 Å². The van der Waals surface area contributed by atoms with Crippen molar-refractivity contribution in [1.82, 2.24) is 9.29 Å². The Bertz CT molecular complexity index is 1230. The van der Waals surface area contributed by atoms with Crippen LogP contribution >= 0.6 is 34.5 Å². The zero-order chi connectivity index (χ0) is 21.9. The van der Waals surface area contributed by atoms with Crippen molar-refractivity contribution in [2.45, 2.75) is 4.90 Å². The van der Waals surface area contributed by atoms with E-state index < -0.39 is 15.9 Å². The molecule has 3 aromatic rings. The van der Waals surface area contributed by atoms with Gasteiger partial charge in [0.2, 0.25) is 10.0 Å². The molecule has 0 saturated heterocycles. The first-order valence-corrected chi connectivity index (χ1v) is 11.7. The number of fused-ring (bicyclic) bond motifs is 1. The van der Waals surface area contributed by atoms with Gasteiger partial charge in [0.25, 0.3) is 5.91 Å². The average Bonchev–Trinajstić information content (AvgIpc) is 3.09. The minimum atomic E-state index is -3.73. The molecule has 0 atom stereocenters. The molecule has 0 spiro atoms. The Morgan fingerprint density at radius 1 is 1.13 bits per heavy atom. The molecule has 1 amide bonds. The molecule has 0 bridgehead atoms. The van der Waals surface area contributed by atoms with Crippen molar-refractivity contribution in [2.24, 2.45) is 0 Å². The van der Waals surface area contributed by atoms with Gasteiger partial charge >= 0.3 is 0 Å². The zero-order valence-corrected chi connectivity index (χ0v) is 18.8. The molecule has 1 heterocycles. The second kappa shape index (κ2) is 9.28. The number of halogens is 2. The molecule has 0 unspecified atom stereocenters. The Hall–Kier alpha value is -2.23. The Labute approximate surface area is 188 Å². The maximum atomic E-state index is 12.9. The summed E-state index contributed by atoms with van der Waals surface area (Å²) in [6.45, 7) is 7.53. The number of carbonyl (C=O) groups excluding carboxylic acids is 1. The van der Waals surface area contributed by atoms with E-state index in [-0.39, 0.29) is 28.6 Å². The molecule has 0 saturated carbocycles. The number of carbonyl (C=O) groups is 1. The molecule has 0 aliphatic carbocycles. The molecule has 0 fully saturated rings. The number of nitrogens with zero attached hydrogens (tertiary/aromatic N) is 2. The van der Waals surface area contributed by atoms with Crippen molar-refractivity contribution >= 4 is 65.8 Å². The fourth-order valence-corrected chi connectivity index (χ4v) is 5.54. The predicted molar refractivity (Wildman–Crippen MR) is 123 cm³/mol. The quantitative estimate of drug-likeness (QED) is 0.447. The van der Waals surface area contributed by atoms with E-state index in [2.05, 4.69) is 23.5 Å². The standard InChI is InChI=1S/C20H17Cl2N3O3S2/c1-3-9-25(10-4-2)30(27,28)14-6-8-17-18(12-14)29-20(23-17)24-19(26)15-7-5-13(21)11-16(15)22/h3-8,11-12H,1-2,9-10H2,(H,23,24,26). The molecule has 1 N–H and O–H groups in total. The monoisotopic (exact) mass is 481 g/mol. The van der Waals surface area contributed by atoms with Crippen LogP contribution in [0.3, 0.4) is 0 Å². The van der Waals surface area contributed by atoms with Crippen LogP contribution in [0.4, 0.5) is 5.13 Å². The lowest BCUT2D eigenvalue weighted by Crippen LogP contribution is -2.31. The van der Waals surface area contributed by atoms with Crippen LogP contribution in [0.5, 0.6) is 0 Å². The number of nitrogens with one attached hydrogen (secondary N) is 1. The highest BCUT2D eigenvalue weighted by molar-refractivity contribution is 7.89. The van der Waals surface area contributed by atoms with Gasteiger partial charge in [-0.2, -0.15) is 4.31 Å². The minimum absolute atomic E-state index is 0.126. The Kier molecular flexibility index (Phi) is 6.95. The molecular formula is C20H17Cl2N3O3S2. The van der Waals surface area contributed by atoms with Crippen LogP contribution in [0.1, 0.15) is 10.4 Å². The summed E-state index contributed by atoms with van der Waals surface area (Å²) in [5.74, 6) is -0.438. The number of rotatable bonds is 8. The number of thiazole rings is 1. The van der Waals surface area contributed by atoms with Gasteiger partial charge in [0, 0.05) is 18.1 Å². The Balaban J connectivity index is 1.89. The van der Waals surface area contributed by atoms with E-state index in [4.69, 9.17) is 23.2 Å². The van der Waals surface area contributed by atoms with Crippen molar-refractivity contribution in [3.8, 4) is 0 Å². The summed E-state index contributed by atoms with van der Waals surface area (Å²) >= 11 is 13.1. The van der Waals surface area contributed by atoms with Crippen molar-refractivity contribution in [1.29, 1.82) is 0 Å². The first kappa shape index (κ1) is 22.5. The van der Waals surface area contributed by atoms with Gasteiger partial charge in [0.15, 0.2) is 5.13 Å². The molecule has 0 radical (unpaired) electrons. The third-order valence-corrected chi connectivity index (χ3v) is 7.37. The van der Waals surface area contributed by atoms with Gasteiger partial charge in [-0.25, -0.2) is 13.4 Å². The van der Waals surface area contributed by atoms with Gasteiger partial charge in [0.05, 0.1) is 25.7 Å². The lowest BCUT2D eigenvalue weighted by Gasteiger charge is -2.18. The molecule has 10 heteroatoms. The predicted octanol–water partition coefficient (Wildman–Crippen LogP) is 5.22. The average molecular weight is 482 g/mol. The molecule has 156 valence electrons. The summed E-state index contributed by atoms with van der Waals surface area (Å²) in [4.78, 5) is 17.0. The van der Waals surface area contributed by atoms with Gasteiger partial charge in [-0.1, -0.05) is 46.7 Å². The number of hydrogen-bond donors (Lipinski definition) is 1. The Morgan fingerprint density at radius 2 is 1.83 bits per heavy atom. The number of amides is 1. The van der Waals surface area contributed by atoms with E-state index in [0.717, 1.165) is 11.3 Å². The Morgan fingerprint density at radius 3 is 2.47 bits per heavy atom. The largest absolute Gasteiger partial charge is 0.298 e. The fraction of sp³-hybridized carbons (Fsp3) is 0.100. The van der Waals surface area contributed by atoms with Crippen LogP contribution in [0.15, 0.2) is 66.6 Å². The highest BCUT2D eigenvalue weighted by Gasteiger charge is 2.23. The molecule has 6 nitrogen and oxygen atoms in total. The van der Waals surface area contributed by atoms with E-state index in [1.54, 1.807) is 12.1 Å². The smallest absolute Gasteiger partial charge is 0.258 e. The molecule has 0 aliphatic heterocycles. The van der Waals surface area contributed by atoms with E-state index in [0.29, 0.717) is 20.4 Å². The summed E-state index contributed by atoms with van der Waals surface area (Å²) in [6.07, 6.45) is 3.03. The molecular weight excluding hydrogens is 465 g/mol. The van der Waals surface area contributed by atoms with E-state index in [9.17, 15) is 13.2 Å². The first-order chi connectivity index (χ1) is 14.3. The topological polar surface area (TPSA) is 79.4 Å². The highest BCUT2D eigenvalue weighted by atomic mass is 35.5. The molecule has 2 aromatic carbocycles. The van der Waals surface area contributed by atoms with Gasteiger partial charge in [0.1, 0.15) is 0 Å². The summed E-state index contributed by atoms with van der Waals surface area (Å²) in [5.41, 5.74) is 0.823. The zero-order valence-electron chi connectivity index (χ0n) is 15.6. The van der Waals surface area contributed by atoms with Crippen molar-refractivity contribution in [3.63, 3.8) is 0 Å². The minimum Gasteiger partial charge on any atom is -0.298 e. The van der Waals surface area contributed by atoms with E-state index in [1.807, 2.05) is 0 Å². The van der Waals surface area contributed by atoms with E-state index >= 15 is 0 Å². The van der Waals surface area contributed by atoms with Crippen molar-refractivity contribution < 1.29 is 13.2 Å². The third kappa shape index (κ3) is 4.74. The maximum Gasteiger partial charge on any atom is 0.258 e. The summed E-state index contributed by atoms with van der Waals surface area (Å²) in [7, 11) is -3.73. The molecule has 3 rings (SSSR count). The molecule has 0 aliphatic rings. The fourth-order valence-electron chi connectivity index (χ4n) is 2.66. The van der Waals surface area contributed by atoms with Crippen molar-refractivity contribution in [3.05, 3.63) is 77.3 Å².